The third kappa shape index (κ3) is 4.84. The Morgan fingerprint density at radius 3 is 2.38 bits per heavy atom. The molecule has 1 unspecified atom stereocenters. The zero-order valence-electron chi connectivity index (χ0n) is 6.85. The summed E-state index contributed by atoms with van der Waals surface area (Å²) in [6.45, 7) is 1.70. The highest BCUT2D eigenvalue weighted by atomic mass is 19.3. The Hall–Kier alpha value is -0.620. The van der Waals surface area contributed by atoms with E-state index in [4.69, 9.17) is 5.73 Å². The van der Waals surface area contributed by atoms with Crippen molar-refractivity contribution in [3.8, 4) is 0 Å². The van der Waals surface area contributed by atoms with E-state index >= 15 is 0 Å². The Morgan fingerprint density at radius 2 is 2.00 bits per heavy atom. The van der Waals surface area contributed by atoms with E-state index in [0.717, 1.165) is 0 Å². The van der Waals surface area contributed by atoms with Crippen molar-refractivity contribution < 1.29 is 22.3 Å². The molecule has 0 aromatic carbocycles. The smallest absolute Gasteiger partial charge is 0.330 e. The number of alkyl halides is 4. The van der Waals surface area contributed by atoms with Crippen LogP contribution in [0.15, 0.2) is 12.7 Å². The maximum Gasteiger partial charge on any atom is 0.330 e. The van der Waals surface area contributed by atoms with E-state index in [1.807, 2.05) is 0 Å². The summed E-state index contributed by atoms with van der Waals surface area (Å²) in [6, 6.07) is -0.617. The fourth-order valence-electron chi connectivity index (χ4n) is 0.462. The van der Waals surface area contributed by atoms with Crippen LogP contribution < -0.4 is 5.73 Å². The van der Waals surface area contributed by atoms with Crippen LogP contribution in [0, 0.1) is 0 Å². The maximum atomic E-state index is 12.2. The number of nitrogens with two attached hydrogens (primary N) is 1. The zero-order valence-corrected chi connectivity index (χ0v) is 6.85. The van der Waals surface area contributed by atoms with Crippen molar-refractivity contribution in [3.05, 3.63) is 12.7 Å². The molecule has 2 N–H and O–H groups in total. The van der Waals surface area contributed by atoms with E-state index < -0.39 is 25.0 Å². The van der Waals surface area contributed by atoms with Gasteiger partial charge < -0.3 is 10.5 Å². The molecule has 0 saturated carbocycles. The molecule has 1 atom stereocenters. The number of ether oxygens (including phenoxy) is 1. The van der Waals surface area contributed by atoms with Crippen LogP contribution >= 0.6 is 0 Å². The van der Waals surface area contributed by atoms with Crippen LogP contribution in [0.3, 0.4) is 0 Å². The lowest BCUT2D eigenvalue weighted by molar-refractivity contribution is -0.166. The molecule has 0 aliphatic carbocycles. The molecule has 0 rings (SSSR count). The Kier molecular flexibility index (Phi) is 4.94. The lowest BCUT2D eigenvalue weighted by atomic mass is 10.3. The molecule has 0 aliphatic rings. The molecule has 0 bridgehead atoms. The summed E-state index contributed by atoms with van der Waals surface area (Å²) in [6.07, 6.45) is -2.44. The topological polar surface area (TPSA) is 35.2 Å². The second-order valence-corrected chi connectivity index (χ2v) is 2.48. The van der Waals surface area contributed by atoms with Gasteiger partial charge in [-0.15, -0.1) is 6.58 Å². The van der Waals surface area contributed by atoms with Crippen molar-refractivity contribution in [2.75, 3.05) is 13.2 Å². The van der Waals surface area contributed by atoms with E-state index in [0.29, 0.717) is 0 Å². The van der Waals surface area contributed by atoms with Gasteiger partial charge in [0.05, 0.1) is 6.61 Å². The van der Waals surface area contributed by atoms with Crippen LogP contribution in [-0.2, 0) is 4.74 Å². The van der Waals surface area contributed by atoms with Crippen molar-refractivity contribution in [1.29, 1.82) is 0 Å². The first-order valence-electron chi connectivity index (χ1n) is 3.52. The number of rotatable bonds is 6. The van der Waals surface area contributed by atoms with Gasteiger partial charge in [-0.25, -0.2) is 8.78 Å². The predicted octanol–water partition coefficient (Wildman–Crippen LogP) is 1.42. The Bertz CT molecular complexity index is 163. The molecule has 0 fully saturated rings. The van der Waals surface area contributed by atoms with Crippen LogP contribution in [0.2, 0.25) is 0 Å². The summed E-state index contributed by atoms with van der Waals surface area (Å²) < 4.78 is 51.7. The zero-order chi connectivity index (χ0) is 10.5. The van der Waals surface area contributed by atoms with Gasteiger partial charge in [-0.3, -0.25) is 0 Å². The monoisotopic (exact) mass is 201 g/mol. The van der Waals surface area contributed by atoms with E-state index in [1.165, 1.54) is 6.08 Å². The average Bonchev–Trinajstić information content (AvgIpc) is 2.03. The van der Waals surface area contributed by atoms with Crippen LogP contribution in [0.5, 0.6) is 0 Å². The van der Waals surface area contributed by atoms with Gasteiger partial charge in [0.25, 0.3) is 0 Å². The minimum absolute atomic E-state index is 0.244. The highest BCUT2D eigenvalue weighted by molar-refractivity contribution is 4.82. The van der Waals surface area contributed by atoms with E-state index in [9.17, 15) is 17.6 Å². The van der Waals surface area contributed by atoms with Gasteiger partial charge in [0.2, 0.25) is 0 Å². The molecule has 0 aromatic rings. The molecule has 0 saturated heterocycles. The predicted molar refractivity (Wildman–Crippen MR) is 39.9 cm³/mol. The van der Waals surface area contributed by atoms with Crippen LogP contribution in [0.4, 0.5) is 17.6 Å². The van der Waals surface area contributed by atoms with E-state index in [2.05, 4.69) is 11.3 Å². The Morgan fingerprint density at radius 1 is 1.46 bits per heavy atom. The summed E-state index contributed by atoms with van der Waals surface area (Å²) >= 11 is 0. The highest BCUT2D eigenvalue weighted by Gasteiger charge is 2.40. The van der Waals surface area contributed by atoms with Crippen molar-refractivity contribution in [3.63, 3.8) is 0 Å². The summed E-state index contributed by atoms with van der Waals surface area (Å²) in [4.78, 5) is 0. The van der Waals surface area contributed by atoms with Crippen molar-refractivity contribution in [1.82, 2.24) is 0 Å². The third-order valence-corrected chi connectivity index (χ3v) is 1.23. The van der Waals surface area contributed by atoms with E-state index in [-0.39, 0.29) is 6.61 Å². The van der Waals surface area contributed by atoms with Crippen LogP contribution in [0.1, 0.15) is 0 Å². The summed E-state index contributed by atoms with van der Waals surface area (Å²) in [5.41, 5.74) is 5.20. The minimum Gasteiger partial charge on any atom is -0.373 e. The fourth-order valence-corrected chi connectivity index (χ4v) is 0.462. The average molecular weight is 201 g/mol. The van der Waals surface area contributed by atoms with Crippen LogP contribution in [0.25, 0.3) is 0 Å². The van der Waals surface area contributed by atoms with Gasteiger partial charge in [-0.05, 0) is 0 Å². The second kappa shape index (κ2) is 5.18. The van der Waals surface area contributed by atoms with Crippen molar-refractivity contribution >= 4 is 0 Å². The summed E-state index contributed by atoms with van der Waals surface area (Å²) in [7, 11) is 0. The Labute approximate surface area is 73.4 Å². The minimum atomic E-state index is -4.11. The molecule has 6 heteroatoms. The molecule has 0 aromatic heterocycles. The molecular weight excluding hydrogens is 190 g/mol. The molecule has 0 amide bonds. The molecular formula is C7H11F4NO. The van der Waals surface area contributed by atoms with Crippen molar-refractivity contribution in [2.24, 2.45) is 5.73 Å². The van der Waals surface area contributed by atoms with Gasteiger partial charge in [0, 0.05) is 6.04 Å². The number of hydrogen-bond acceptors (Lipinski definition) is 2. The van der Waals surface area contributed by atoms with Gasteiger partial charge in [-0.2, -0.15) is 8.78 Å². The first-order chi connectivity index (χ1) is 5.90. The van der Waals surface area contributed by atoms with Gasteiger partial charge in [0.1, 0.15) is 6.61 Å². The standard InChI is InChI=1S/C7H11F4NO/c1-2-5(12)3-13-4-7(10,11)6(8)9/h2,5-6H,1,3-4,12H2. The van der Waals surface area contributed by atoms with Gasteiger partial charge in [0.15, 0.2) is 0 Å². The molecule has 0 spiro atoms. The van der Waals surface area contributed by atoms with Gasteiger partial charge >= 0.3 is 12.3 Å². The summed E-state index contributed by atoms with van der Waals surface area (Å²) in [5, 5.41) is 0. The third-order valence-electron chi connectivity index (χ3n) is 1.23. The lowest BCUT2D eigenvalue weighted by Gasteiger charge is -2.16. The SMILES string of the molecule is C=CC(N)COCC(F)(F)C(F)F. The molecule has 0 radical (unpaired) electrons. The molecule has 0 heterocycles. The maximum absolute atomic E-state index is 12.2. The fraction of sp³-hybridized carbons (Fsp3) is 0.714. The first kappa shape index (κ1) is 12.4. The largest absolute Gasteiger partial charge is 0.373 e. The second-order valence-electron chi connectivity index (χ2n) is 2.48. The number of halogens is 4. The number of hydrogen-bond donors (Lipinski definition) is 1. The highest BCUT2D eigenvalue weighted by Crippen LogP contribution is 2.22. The quantitative estimate of drug-likeness (QED) is 0.521. The molecule has 0 aliphatic heterocycles. The molecule has 78 valence electrons. The molecule has 13 heavy (non-hydrogen) atoms. The van der Waals surface area contributed by atoms with Crippen LogP contribution in [-0.4, -0.2) is 31.6 Å². The summed E-state index contributed by atoms with van der Waals surface area (Å²) in [5.74, 6) is -4.11. The molecule has 2 nitrogen and oxygen atoms in total. The van der Waals surface area contributed by atoms with E-state index in [1.54, 1.807) is 0 Å². The van der Waals surface area contributed by atoms with Crippen molar-refractivity contribution in [2.45, 2.75) is 18.4 Å². The normalized spacial score (nSPS) is 14.6. The Balaban J connectivity index is 3.69. The van der Waals surface area contributed by atoms with Gasteiger partial charge in [-0.1, -0.05) is 6.08 Å². The first-order valence-corrected chi connectivity index (χ1v) is 3.52. The lowest BCUT2D eigenvalue weighted by Crippen LogP contribution is -2.34.